The van der Waals surface area contributed by atoms with Crippen LogP contribution in [-0.4, -0.2) is 23.9 Å². The molecule has 0 unspecified atom stereocenters. The van der Waals surface area contributed by atoms with Crippen LogP contribution in [0.15, 0.2) is 64.4 Å². The van der Waals surface area contributed by atoms with Gasteiger partial charge in [0.05, 0.1) is 22.7 Å². The van der Waals surface area contributed by atoms with Crippen molar-refractivity contribution < 1.29 is 21.6 Å². The van der Waals surface area contributed by atoms with Crippen molar-refractivity contribution in [1.29, 1.82) is 0 Å². The second-order valence-corrected chi connectivity index (χ2v) is 11.0. The first kappa shape index (κ1) is 24.2. The topological polar surface area (TPSA) is 102 Å². The van der Waals surface area contributed by atoms with E-state index in [9.17, 15) is 16.8 Å². The second-order valence-electron chi connectivity index (χ2n) is 6.95. The fraction of sp³-hybridized carbons (Fsp3) is 0.143. The van der Waals surface area contributed by atoms with Gasteiger partial charge in [0.15, 0.2) is 0 Å². The highest BCUT2D eigenvalue weighted by atomic mass is 35.5. The number of methoxy groups -OCH3 is 1. The van der Waals surface area contributed by atoms with Crippen LogP contribution >= 0.6 is 23.2 Å². The largest absolute Gasteiger partial charge is 0.495 e. The minimum absolute atomic E-state index is 0.0214. The Morgan fingerprint density at radius 1 is 0.781 bits per heavy atom. The smallest absolute Gasteiger partial charge is 0.263 e. The quantitative estimate of drug-likeness (QED) is 0.449. The molecular formula is C21H20Cl2N2O5S2. The van der Waals surface area contributed by atoms with Crippen LogP contribution < -0.4 is 14.2 Å². The lowest BCUT2D eigenvalue weighted by molar-refractivity contribution is 0.414. The molecule has 0 heterocycles. The Balaban J connectivity index is 1.84. The van der Waals surface area contributed by atoms with Gasteiger partial charge in [-0.25, -0.2) is 16.8 Å². The van der Waals surface area contributed by atoms with E-state index in [-0.39, 0.29) is 31.3 Å². The van der Waals surface area contributed by atoms with Gasteiger partial charge in [-0.05, 0) is 67.4 Å². The number of hydrogen-bond acceptors (Lipinski definition) is 5. The molecule has 170 valence electrons. The summed E-state index contributed by atoms with van der Waals surface area (Å²) in [5, 5.41) is -0.216. The van der Waals surface area contributed by atoms with E-state index in [1.165, 1.54) is 43.5 Å². The van der Waals surface area contributed by atoms with E-state index in [1.54, 1.807) is 13.0 Å². The third-order valence-corrected chi connectivity index (χ3v) is 8.36. The van der Waals surface area contributed by atoms with Crippen molar-refractivity contribution in [1.82, 2.24) is 0 Å². The van der Waals surface area contributed by atoms with Crippen LogP contribution in [0.2, 0.25) is 10.0 Å². The van der Waals surface area contributed by atoms with E-state index < -0.39 is 20.0 Å². The van der Waals surface area contributed by atoms with Crippen LogP contribution in [0.25, 0.3) is 0 Å². The summed E-state index contributed by atoms with van der Waals surface area (Å²) in [6.07, 6.45) is 0. The van der Waals surface area contributed by atoms with Gasteiger partial charge >= 0.3 is 0 Å². The maximum absolute atomic E-state index is 12.7. The standard InChI is InChI=1S/C21H20Cl2N2O5S2/c1-13-4-5-14(2)17(12-13)25-31(26,27)16-8-6-15(7-9-16)24-32(28,29)19-11-10-18(30-3)20(22)21(19)23/h4-12,24-25H,1-3H3. The molecule has 0 saturated heterocycles. The third kappa shape index (κ3) is 5.12. The van der Waals surface area contributed by atoms with Crippen molar-refractivity contribution in [2.24, 2.45) is 0 Å². The fourth-order valence-corrected chi connectivity index (χ4v) is 5.86. The first-order valence-electron chi connectivity index (χ1n) is 9.19. The number of halogens is 2. The predicted molar refractivity (Wildman–Crippen MR) is 127 cm³/mol. The maximum atomic E-state index is 12.7. The Kier molecular flexibility index (Phi) is 6.94. The molecule has 0 saturated carbocycles. The molecule has 3 aromatic carbocycles. The second kappa shape index (κ2) is 9.19. The van der Waals surface area contributed by atoms with Crippen molar-refractivity contribution in [3.63, 3.8) is 0 Å². The van der Waals surface area contributed by atoms with Gasteiger partial charge in [0.1, 0.15) is 15.7 Å². The lowest BCUT2D eigenvalue weighted by Gasteiger charge is -2.13. The summed E-state index contributed by atoms with van der Waals surface area (Å²) < 4.78 is 60.9. The van der Waals surface area contributed by atoms with Gasteiger partial charge in [0.25, 0.3) is 20.0 Å². The van der Waals surface area contributed by atoms with Crippen molar-refractivity contribution in [2.45, 2.75) is 23.6 Å². The molecule has 0 amide bonds. The van der Waals surface area contributed by atoms with Crippen molar-refractivity contribution in [2.75, 3.05) is 16.6 Å². The number of benzene rings is 3. The van der Waals surface area contributed by atoms with Gasteiger partial charge in [-0.2, -0.15) is 0 Å². The van der Waals surface area contributed by atoms with Crippen LogP contribution in [-0.2, 0) is 20.0 Å². The Bertz CT molecular complexity index is 1370. The highest BCUT2D eigenvalue weighted by Gasteiger charge is 2.22. The van der Waals surface area contributed by atoms with Crippen LogP contribution in [0, 0.1) is 13.8 Å². The highest BCUT2D eigenvalue weighted by Crippen LogP contribution is 2.37. The number of ether oxygens (including phenoxy) is 1. The van der Waals surface area contributed by atoms with Crippen molar-refractivity contribution in [3.05, 3.63) is 75.8 Å². The van der Waals surface area contributed by atoms with Crippen LogP contribution in [0.4, 0.5) is 11.4 Å². The fourth-order valence-electron chi connectivity index (χ4n) is 2.84. The van der Waals surface area contributed by atoms with Gasteiger partial charge in [-0.1, -0.05) is 35.3 Å². The van der Waals surface area contributed by atoms with Gasteiger partial charge in [0.2, 0.25) is 0 Å². The van der Waals surface area contributed by atoms with Crippen LogP contribution in [0.3, 0.4) is 0 Å². The summed E-state index contributed by atoms with van der Waals surface area (Å²) >= 11 is 12.1. The van der Waals surface area contributed by atoms with Gasteiger partial charge < -0.3 is 4.74 Å². The van der Waals surface area contributed by atoms with E-state index in [0.29, 0.717) is 5.69 Å². The zero-order chi connectivity index (χ0) is 23.7. The molecule has 3 rings (SSSR count). The molecule has 0 spiro atoms. The first-order valence-corrected chi connectivity index (χ1v) is 12.9. The SMILES string of the molecule is COc1ccc(S(=O)(=O)Nc2ccc(S(=O)(=O)Nc3cc(C)ccc3C)cc2)c(Cl)c1Cl. The Morgan fingerprint density at radius 2 is 1.44 bits per heavy atom. The van der Waals surface area contributed by atoms with Gasteiger partial charge in [-0.15, -0.1) is 0 Å². The Labute approximate surface area is 197 Å². The van der Waals surface area contributed by atoms with E-state index >= 15 is 0 Å². The number of hydrogen-bond donors (Lipinski definition) is 2. The summed E-state index contributed by atoms with van der Waals surface area (Å²) in [5.74, 6) is 0.238. The molecule has 0 atom stereocenters. The molecule has 11 heteroatoms. The molecule has 32 heavy (non-hydrogen) atoms. The van der Waals surface area contributed by atoms with E-state index in [4.69, 9.17) is 27.9 Å². The predicted octanol–water partition coefficient (Wildman–Crippen LogP) is 5.22. The number of anilines is 2. The molecule has 0 aliphatic rings. The third-order valence-electron chi connectivity index (χ3n) is 4.58. The zero-order valence-corrected chi connectivity index (χ0v) is 20.5. The Hall–Kier alpha value is -2.46. The van der Waals surface area contributed by atoms with Crippen LogP contribution in [0.1, 0.15) is 11.1 Å². The number of nitrogens with one attached hydrogen (secondary N) is 2. The molecule has 0 fully saturated rings. The van der Waals surface area contributed by atoms with Gasteiger partial charge in [0, 0.05) is 5.69 Å². The summed E-state index contributed by atoms with van der Waals surface area (Å²) in [6.45, 7) is 3.66. The summed E-state index contributed by atoms with van der Waals surface area (Å²) in [6, 6.07) is 13.4. The van der Waals surface area contributed by atoms with E-state index in [2.05, 4.69) is 9.44 Å². The monoisotopic (exact) mass is 514 g/mol. The molecule has 0 aliphatic heterocycles. The number of rotatable bonds is 7. The van der Waals surface area contributed by atoms with Crippen LogP contribution in [0.5, 0.6) is 5.75 Å². The highest BCUT2D eigenvalue weighted by molar-refractivity contribution is 7.93. The molecule has 0 bridgehead atoms. The average molecular weight is 515 g/mol. The lowest BCUT2D eigenvalue weighted by atomic mass is 10.1. The van der Waals surface area contributed by atoms with Crippen molar-refractivity contribution in [3.8, 4) is 5.75 Å². The molecule has 0 aliphatic carbocycles. The van der Waals surface area contributed by atoms with E-state index in [0.717, 1.165) is 11.1 Å². The van der Waals surface area contributed by atoms with E-state index in [1.807, 2.05) is 19.1 Å². The van der Waals surface area contributed by atoms with Crippen molar-refractivity contribution >= 4 is 54.6 Å². The summed E-state index contributed by atoms with van der Waals surface area (Å²) in [5.41, 5.74) is 2.31. The maximum Gasteiger partial charge on any atom is 0.263 e. The Morgan fingerprint density at radius 3 is 2.06 bits per heavy atom. The minimum Gasteiger partial charge on any atom is -0.495 e. The summed E-state index contributed by atoms with van der Waals surface area (Å²) in [4.78, 5) is -0.259. The first-order chi connectivity index (χ1) is 14.9. The number of aryl methyl sites for hydroxylation is 2. The molecule has 7 nitrogen and oxygen atoms in total. The lowest BCUT2D eigenvalue weighted by Crippen LogP contribution is -2.15. The normalized spacial score (nSPS) is 11.8. The summed E-state index contributed by atoms with van der Waals surface area (Å²) in [7, 11) is -6.57. The zero-order valence-electron chi connectivity index (χ0n) is 17.3. The molecule has 0 aromatic heterocycles. The average Bonchev–Trinajstić information content (AvgIpc) is 2.72. The molecule has 3 aromatic rings. The molecule has 0 radical (unpaired) electrons. The molecular weight excluding hydrogens is 495 g/mol. The van der Waals surface area contributed by atoms with Gasteiger partial charge in [-0.3, -0.25) is 9.44 Å². The number of sulfonamides is 2. The molecule has 2 N–H and O–H groups in total. The minimum atomic E-state index is -4.09.